The molecule has 0 heterocycles. The maximum atomic E-state index is 8.95. The highest BCUT2D eigenvalue weighted by molar-refractivity contribution is 6.30. The predicted octanol–water partition coefficient (Wildman–Crippen LogP) is 3.12. The lowest BCUT2D eigenvalue weighted by Gasteiger charge is -2.06. The van der Waals surface area contributed by atoms with E-state index in [1.807, 2.05) is 48.5 Å². The Hall–Kier alpha value is -1.35. The van der Waals surface area contributed by atoms with E-state index in [-0.39, 0.29) is 6.61 Å². The van der Waals surface area contributed by atoms with E-state index in [1.165, 1.54) is 11.1 Å². The van der Waals surface area contributed by atoms with E-state index in [1.54, 1.807) is 0 Å². The third-order valence-corrected chi connectivity index (χ3v) is 3.03. The fourth-order valence-corrected chi connectivity index (χ4v) is 1.84. The SMILES string of the molecule is OCc1ccc(CNCc2ccc(Cl)cc2)cc1. The number of halogens is 1. The molecule has 2 aromatic carbocycles. The molecule has 0 fully saturated rings. The average molecular weight is 262 g/mol. The summed E-state index contributed by atoms with van der Waals surface area (Å²) in [6.45, 7) is 1.73. The third-order valence-electron chi connectivity index (χ3n) is 2.78. The summed E-state index contributed by atoms with van der Waals surface area (Å²) in [6, 6.07) is 15.8. The Labute approximate surface area is 112 Å². The zero-order valence-electron chi connectivity index (χ0n) is 10.1. The number of benzene rings is 2. The number of hydrogen-bond acceptors (Lipinski definition) is 2. The maximum absolute atomic E-state index is 8.95. The van der Waals surface area contributed by atoms with Crippen LogP contribution in [0.5, 0.6) is 0 Å². The Kier molecular flexibility index (Phi) is 4.76. The van der Waals surface area contributed by atoms with Crippen LogP contribution in [-0.4, -0.2) is 5.11 Å². The molecule has 0 bridgehead atoms. The topological polar surface area (TPSA) is 32.3 Å². The summed E-state index contributed by atoms with van der Waals surface area (Å²) in [4.78, 5) is 0. The van der Waals surface area contributed by atoms with Crippen LogP contribution >= 0.6 is 11.6 Å². The minimum absolute atomic E-state index is 0.0957. The van der Waals surface area contributed by atoms with Gasteiger partial charge in [-0.1, -0.05) is 48.0 Å². The first kappa shape index (κ1) is 13.1. The smallest absolute Gasteiger partial charge is 0.0681 e. The molecule has 3 heteroatoms. The van der Waals surface area contributed by atoms with Gasteiger partial charge in [0.25, 0.3) is 0 Å². The molecule has 0 aliphatic rings. The van der Waals surface area contributed by atoms with E-state index in [2.05, 4.69) is 5.32 Å². The lowest BCUT2D eigenvalue weighted by atomic mass is 10.1. The van der Waals surface area contributed by atoms with Crippen molar-refractivity contribution < 1.29 is 5.11 Å². The lowest BCUT2D eigenvalue weighted by molar-refractivity contribution is 0.282. The minimum Gasteiger partial charge on any atom is -0.392 e. The second-order valence-electron chi connectivity index (χ2n) is 4.20. The Morgan fingerprint density at radius 3 is 1.72 bits per heavy atom. The van der Waals surface area contributed by atoms with Gasteiger partial charge in [-0.2, -0.15) is 0 Å². The molecule has 0 atom stereocenters. The van der Waals surface area contributed by atoms with Crippen LogP contribution in [0.2, 0.25) is 5.02 Å². The largest absolute Gasteiger partial charge is 0.392 e. The number of hydrogen-bond donors (Lipinski definition) is 2. The van der Waals surface area contributed by atoms with Crippen molar-refractivity contribution in [3.63, 3.8) is 0 Å². The fraction of sp³-hybridized carbons (Fsp3) is 0.200. The Morgan fingerprint density at radius 2 is 1.22 bits per heavy atom. The second kappa shape index (κ2) is 6.55. The maximum Gasteiger partial charge on any atom is 0.0681 e. The lowest BCUT2D eigenvalue weighted by Crippen LogP contribution is -2.12. The summed E-state index contributed by atoms with van der Waals surface area (Å²) in [7, 11) is 0. The molecule has 0 aliphatic heterocycles. The van der Waals surface area contributed by atoms with Gasteiger partial charge in [0.1, 0.15) is 0 Å². The Balaban J connectivity index is 1.82. The third kappa shape index (κ3) is 3.84. The first-order valence-corrected chi connectivity index (χ1v) is 6.29. The quantitative estimate of drug-likeness (QED) is 0.867. The van der Waals surface area contributed by atoms with Gasteiger partial charge in [0.2, 0.25) is 0 Å². The molecule has 0 spiro atoms. The van der Waals surface area contributed by atoms with Gasteiger partial charge >= 0.3 is 0 Å². The highest BCUT2D eigenvalue weighted by atomic mass is 35.5. The second-order valence-corrected chi connectivity index (χ2v) is 4.64. The Morgan fingerprint density at radius 1 is 0.778 bits per heavy atom. The van der Waals surface area contributed by atoms with Crippen molar-refractivity contribution in [3.8, 4) is 0 Å². The Bertz CT molecular complexity index is 479. The minimum atomic E-state index is 0.0957. The summed E-state index contributed by atoms with van der Waals surface area (Å²) >= 11 is 5.83. The summed E-state index contributed by atoms with van der Waals surface area (Å²) < 4.78 is 0. The van der Waals surface area contributed by atoms with Gasteiger partial charge in [-0.3, -0.25) is 0 Å². The van der Waals surface area contributed by atoms with Crippen LogP contribution in [0.3, 0.4) is 0 Å². The predicted molar refractivity (Wildman–Crippen MR) is 74.4 cm³/mol. The first-order valence-electron chi connectivity index (χ1n) is 5.92. The zero-order valence-corrected chi connectivity index (χ0v) is 10.8. The highest BCUT2D eigenvalue weighted by Gasteiger charge is 1.95. The fourth-order valence-electron chi connectivity index (χ4n) is 1.72. The van der Waals surface area contributed by atoms with Crippen molar-refractivity contribution >= 4 is 11.6 Å². The van der Waals surface area contributed by atoms with Crippen LogP contribution in [0.15, 0.2) is 48.5 Å². The summed E-state index contributed by atoms with van der Waals surface area (Å²) in [5.41, 5.74) is 3.36. The molecular weight excluding hydrogens is 246 g/mol. The van der Waals surface area contributed by atoms with E-state index < -0.39 is 0 Å². The number of nitrogens with one attached hydrogen (secondary N) is 1. The molecule has 18 heavy (non-hydrogen) atoms. The summed E-state index contributed by atoms with van der Waals surface area (Å²) in [6.07, 6.45) is 0. The number of aliphatic hydroxyl groups is 1. The van der Waals surface area contributed by atoms with Gasteiger partial charge in [-0.05, 0) is 28.8 Å². The van der Waals surface area contributed by atoms with Gasteiger partial charge < -0.3 is 10.4 Å². The van der Waals surface area contributed by atoms with Crippen LogP contribution in [0.1, 0.15) is 16.7 Å². The highest BCUT2D eigenvalue weighted by Crippen LogP contribution is 2.09. The molecule has 2 rings (SSSR count). The molecule has 0 saturated carbocycles. The van der Waals surface area contributed by atoms with E-state index >= 15 is 0 Å². The van der Waals surface area contributed by atoms with Crippen LogP contribution in [0, 0.1) is 0 Å². The average Bonchev–Trinajstić information content (AvgIpc) is 2.42. The molecule has 0 saturated heterocycles. The van der Waals surface area contributed by atoms with Crippen LogP contribution in [-0.2, 0) is 19.7 Å². The van der Waals surface area contributed by atoms with Crippen LogP contribution < -0.4 is 5.32 Å². The van der Waals surface area contributed by atoms with Crippen molar-refractivity contribution in [2.75, 3.05) is 0 Å². The van der Waals surface area contributed by atoms with Gasteiger partial charge in [0.15, 0.2) is 0 Å². The van der Waals surface area contributed by atoms with E-state index in [4.69, 9.17) is 16.7 Å². The van der Waals surface area contributed by atoms with Gasteiger partial charge in [0, 0.05) is 18.1 Å². The van der Waals surface area contributed by atoms with Gasteiger partial charge in [-0.15, -0.1) is 0 Å². The van der Waals surface area contributed by atoms with Gasteiger partial charge in [-0.25, -0.2) is 0 Å². The van der Waals surface area contributed by atoms with Crippen molar-refractivity contribution in [1.82, 2.24) is 5.32 Å². The van der Waals surface area contributed by atoms with Crippen molar-refractivity contribution in [2.24, 2.45) is 0 Å². The molecule has 0 amide bonds. The molecule has 0 aromatic heterocycles. The molecule has 2 aromatic rings. The molecule has 2 nitrogen and oxygen atoms in total. The normalized spacial score (nSPS) is 10.6. The molecular formula is C15H16ClNO. The van der Waals surface area contributed by atoms with Crippen molar-refractivity contribution in [3.05, 3.63) is 70.2 Å². The van der Waals surface area contributed by atoms with E-state index in [9.17, 15) is 0 Å². The molecule has 2 N–H and O–H groups in total. The standard InChI is InChI=1S/C15H16ClNO/c16-15-7-5-13(6-8-15)10-17-9-12-1-3-14(11-18)4-2-12/h1-8,17-18H,9-11H2. The molecule has 0 radical (unpaired) electrons. The monoisotopic (exact) mass is 261 g/mol. The number of aliphatic hydroxyl groups excluding tert-OH is 1. The van der Waals surface area contributed by atoms with Crippen LogP contribution in [0.25, 0.3) is 0 Å². The summed E-state index contributed by atoms with van der Waals surface area (Å²) in [5.74, 6) is 0. The van der Waals surface area contributed by atoms with E-state index in [0.717, 1.165) is 23.7 Å². The van der Waals surface area contributed by atoms with Gasteiger partial charge in [0.05, 0.1) is 6.61 Å². The molecule has 94 valence electrons. The first-order chi connectivity index (χ1) is 8.78. The van der Waals surface area contributed by atoms with Crippen molar-refractivity contribution in [1.29, 1.82) is 0 Å². The molecule has 0 unspecified atom stereocenters. The van der Waals surface area contributed by atoms with Crippen molar-refractivity contribution in [2.45, 2.75) is 19.7 Å². The number of rotatable bonds is 5. The molecule has 0 aliphatic carbocycles. The zero-order chi connectivity index (χ0) is 12.8. The van der Waals surface area contributed by atoms with Crippen LogP contribution in [0.4, 0.5) is 0 Å². The van der Waals surface area contributed by atoms with E-state index in [0.29, 0.717) is 0 Å². The summed E-state index contributed by atoms with van der Waals surface area (Å²) in [5, 5.41) is 13.1.